The quantitative estimate of drug-likeness (QED) is 0.167. The number of aromatic nitrogens is 3. The van der Waals surface area contributed by atoms with Crippen molar-refractivity contribution >= 4 is 84.1 Å². The van der Waals surface area contributed by atoms with E-state index in [9.17, 15) is 0 Å². The highest BCUT2D eigenvalue weighted by molar-refractivity contribution is 5.88. The van der Waals surface area contributed by atoms with E-state index in [1.165, 1.54) is 207 Å². The first-order valence-corrected chi connectivity index (χ1v) is 51.9. The van der Waals surface area contributed by atoms with Gasteiger partial charge in [-0.3, -0.25) is 0 Å². The van der Waals surface area contributed by atoms with Gasteiger partial charge in [0.25, 0.3) is 0 Å². The molecular weight excluding hydrogens is 1670 g/mol. The molecule has 15 heteroatoms. The van der Waals surface area contributed by atoms with Gasteiger partial charge in [0.1, 0.15) is 45.4 Å². The zero-order valence-corrected chi connectivity index (χ0v) is 86.8. The van der Waals surface area contributed by atoms with Gasteiger partial charge >= 0.3 is 0 Å². The van der Waals surface area contributed by atoms with Crippen molar-refractivity contribution in [1.29, 1.82) is 0 Å². The molecule has 5 aromatic carbocycles. The van der Waals surface area contributed by atoms with Crippen LogP contribution < -0.4 is 24.5 Å². The van der Waals surface area contributed by atoms with Gasteiger partial charge < -0.3 is 69.1 Å². The lowest BCUT2D eigenvalue weighted by Crippen LogP contribution is -2.61. The van der Waals surface area contributed by atoms with E-state index in [1.54, 1.807) is 12.5 Å². The van der Waals surface area contributed by atoms with E-state index in [4.69, 9.17) is 30.9 Å². The number of furan rings is 7. The molecule has 17 heterocycles. The molecule has 13 aliphatic rings. The number of benzene rings is 5. The minimum absolute atomic E-state index is 0.0000798. The Morgan fingerprint density at radius 1 is 0.296 bits per heavy atom. The van der Waals surface area contributed by atoms with Gasteiger partial charge in [0, 0.05) is 127 Å². The molecule has 6 aliphatic carbocycles. The minimum atomic E-state index is -0.177. The fourth-order valence-corrected chi connectivity index (χ4v) is 28.3. The summed E-state index contributed by atoms with van der Waals surface area (Å²) in [6.45, 7) is 59.8. The Morgan fingerprint density at radius 2 is 0.607 bits per heavy atom. The van der Waals surface area contributed by atoms with Crippen molar-refractivity contribution in [2.75, 3.05) is 24.5 Å². The largest absolute Gasteiger partial charge is 0.460 e. The summed E-state index contributed by atoms with van der Waals surface area (Å²) in [7, 11) is 6.40. The SMILES string of the molecule is CC.CC.CC.CC.CC.Cc1cccc2c1N1Cc3c(oc4ccn(C)c34)C1(C)C(C)(C)C2(C)C.Cc1cccc2c1N1Cc3c(oc4ccn(C)c34)C1(C)C(C)(C)C2(C)C.Cc1ccccc1N1Cc2c(oc3ccn(C)c23)C12C1CC3CC(C1)CC2C3.Cc1ccccc1N1Cc2c(oc3ccoc23)C12CCCC2.Cc1ccccc1N1Cc2c(oc3ccoc23)C12CCCCC2. The van der Waals surface area contributed by atoms with Gasteiger partial charge in [0.15, 0.2) is 39.1 Å². The summed E-state index contributed by atoms with van der Waals surface area (Å²) in [4.78, 5) is 13.2. The smallest absolute Gasteiger partial charge is 0.177 e. The zero-order valence-electron chi connectivity index (χ0n) is 86.8. The molecule has 28 rings (SSSR count). The van der Waals surface area contributed by atoms with Crippen molar-refractivity contribution in [2.24, 2.45) is 55.6 Å². The van der Waals surface area contributed by atoms with Gasteiger partial charge in [-0.05, 0) is 216 Å². The third-order valence-corrected chi connectivity index (χ3v) is 36.1. The topological polar surface area (TPSA) is 123 Å². The van der Waals surface area contributed by atoms with Crippen LogP contribution in [0.15, 0.2) is 202 Å². The van der Waals surface area contributed by atoms with Crippen LogP contribution in [-0.4, -0.2) is 13.7 Å². The summed E-state index contributed by atoms with van der Waals surface area (Å²) in [6, 6.07) is 50.2. The Morgan fingerprint density at radius 3 is 0.978 bits per heavy atom. The lowest BCUT2D eigenvalue weighted by molar-refractivity contribution is -0.0665. The first-order valence-electron chi connectivity index (χ1n) is 51.9. The van der Waals surface area contributed by atoms with Crippen LogP contribution in [-0.2, 0) is 92.4 Å². The molecule has 3 spiro atoms. The van der Waals surface area contributed by atoms with Crippen LogP contribution in [0.2, 0.25) is 0 Å². The summed E-state index contributed by atoms with van der Waals surface area (Å²) in [5, 5.41) is 0. The van der Waals surface area contributed by atoms with Crippen molar-refractivity contribution in [1.82, 2.24) is 13.7 Å². The summed E-state index contributed by atoms with van der Waals surface area (Å²) in [5.41, 5.74) is 33.7. The molecule has 0 amide bonds. The van der Waals surface area contributed by atoms with E-state index in [-0.39, 0.29) is 49.4 Å². The van der Waals surface area contributed by atoms with E-state index >= 15 is 0 Å². The molecule has 0 radical (unpaired) electrons. The lowest BCUT2D eigenvalue weighted by atomic mass is 9.48. The van der Waals surface area contributed by atoms with Crippen molar-refractivity contribution < 1.29 is 30.9 Å². The van der Waals surface area contributed by atoms with Crippen LogP contribution in [0.1, 0.15) is 324 Å². The first kappa shape index (κ1) is 94.6. The van der Waals surface area contributed by atoms with Gasteiger partial charge in [-0.2, -0.15) is 0 Å². The fourth-order valence-electron chi connectivity index (χ4n) is 28.3. The molecule has 10 aromatic heterocycles. The molecule has 0 saturated heterocycles. The molecule has 716 valence electrons. The number of para-hydroxylation sites is 5. The van der Waals surface area contributed by atoms with Crippen LogP contribution in [0.4, 0.5) is 28.4 Å². The normalized spacial score (nSPS) is 23.8. The Kier molecular flexibility index (Phi) is 24.5. The van der Waals surface area contributed by atoms with Crippen molar-refractivity contribution in [2.45, 2.75) is 334 Å². The standard InChI is InChI=1S/C25H28N2O.2C23H28N2O.C20H21NO2.C19H19NO2.5C2H6/c1-15-5-3-4-6-21(15)27-14-20-23-22(7-8-26(23)2)28-24(20)25(27)18-10-16-9-17(12-18)13-19(25)11-16;2*1-14-9-8-10-16-18(14)25-13-15-19-17(11-12-24(19)7)26-20(15)23(25,6)22(4,5)21(16,2)3;1-14-7-3-4-8-16(14)21-13-15-18-17(9-12-22-18)23-19(15)20(21)10-5-2-6-11-20;1-13-6-2-3-7-15(13)20-12-14-17-16(8-11-21-17)22-18(14)19(20)9-4-5-10-19;5*1-2/h3-8,16-19H,9-14H2,1-2H3;2*8-12H,13H2,1-7H3;3-4,7-9,12H,2,5-6,10-11,13H2,1H3;2-3,6-8,11H,4-5,9-10,12H2,1H3;5*1-2H3. The molecule has 7 aliphatic heterocycles. The number of nitrogens with zero attached hydrogens (tertiary/aromatic N) is 8. The molecule has 2 atom stereocenters. The second-order valence-corrected chi connectivity index (χ2v) is 42.5. The van der Waals surface area contributed by atoms with Gasteiger partial charge in [-0.1, -0.05) is 248 Å². The number of hydrogen-bond donors (Lipinski definition) is 0. The van der Waals surface area contributed by atoms with Gasteiger partial charge in [0.2, 0.25) is 0 Å². The molecule has 6 fully saturated rings. The number of anilines is 5. The maximum atomic E-state index is 6.74. The molecule has 15 aromatic rings. The third kappa shape index (κ3) is 13.3. The Labute approximate surface area is 804 Å². The molecular formula is C120H154N8O7. The lowest BCUT2D eigenvalue weighted by Gasteiger charge is -2.62. The first-order chi connectivity index (χ1) is 65.0. The Balaban J connectivity index is 0.000000110. The molecule has 15 nitrogen and oxygen atoms in total. The van der Waals surface area contributed by atoms with E-state index < -0.39 is 0 Å². The van der Waals surface area contributed by atoms with E-state index in [1.807, 2.05) is 81.4 Å². The second kappa shape index (κ2) is 35.0. The van der Waals surface area contributed by atoms with Crippen LogP contribution in [0.3, 0.4) is 0 Å². The predicted molar refractivity (Wildman–Crippen MR) is 558 cm³/mol. The monoisotopic (exact) mass is 1820 g/mol. The fraction of sp³-hybridized carbons (Fsp3) is 0.500. The molecule has 2 unspecified atom stereocenters. The van der Waals surface area contributed by atoms with Crippen LogP contribution in [0, 0.1) is 69.1 Å². The van der Waals surface area contributed by atoms with E-state index in [0.29, 0.717) is 0 Å². The summed E-state index contributed by atoms with van der Waals surface area (Å²) in [5.74, 6) is 9.36. The molecule has 6 saturated carbocycles. The van der Waals surface area contributed by atoms with Gasteiger partial charge in [-0.15, -0.1) is 0 Å². The third-order valence-electron chi connectivity index (χ3n) is 36.1. The van der Waals surface area contributed by atoms with Crippen molar-refractivity contribution in [3.8, 4) is 0 Å². The summed E-state index contributed by atoms with van der Waals surface area (Å²) < 4.78 is 50.4. The number of rotatable bonds is 3. The van der Waals surface area contributed by atoms with Crippen molar-refractivity contribution in [3.05, 3.63) is 266 Å². The molecule has 135 heavy (non-hydrogen) atoms. The van der Waals surface area contributed by atoms with E-state index in [0.717, 1.165) is 119 Å². The predicted octanol–water partition coefficient (Wildman–Crippen LogP) is 32.8. The van der Waals surface area contributed by atoms with Crippen LogP contribution in [0.5, 0.6) is 0 Å². The average Bonchev–Trinajstić information content (AvgIpc) is 1.52. The Bertz CT molecular complexity index is 6630. The number of hydrogen-bond acceptors (Lipinski definition) is 12. The summed E-state index contributed by atoms with van der Waals surface area (Å²) >= 11 is 0. The highest BCUT2D eigenvalue weighted by Crippen LogP contribution is 2.71. The number of fused-ring (bicyclic) bond motifs is 25. The highest BCUT2D eigenvalue weighted by Gasteiger charge is 2.69. The van der Waals surface area contributed by atoms with Crippen LogP contribution >= 0.6 is 0 Å². The second-order valence-electron chi connectivity index (χ2n) is 42.5. The maximum absolute atomic E-state index is 6.74. The Hall–Kier alpha value is -10.8. The zero-order chi connectivity index (χ0) is 96.1. The molecule has 0 N–H and O–H groups in total. The van der Waals surface area contributed by atoms with E-state index in [2.05, 4.69) is 309 Å². The minimum Gasteiger partial charge on any atom is -0.460 e. The van der Waals surface area contributed by atoms with Gasteiger partial charge in [-0.25, -0.2) is 0 Å². The van der Waals surface area contributed by atoms with Crippen molar-refractivity contribution in [3.63, 3.8) is 0 Å². The maximum Gasteiger partial charge on any atom is 0.177 e. The van der Waals surface area contributed by atoms with Crippen LogP contribution in [0.25, 0.3) is 55.6 Å². The summed E-state index contributed by atoms with van der Waals surface area (Å²) in [6.07, 6.45) is 28.0. The highest BCUT2D eigenvalue weighted by atomic mass is 16.4. The van der Waals surface area contributed by atoms with Gasteiger partial charge in [0.05, 0.1) is 64.4 Å². The molecule has 4 bridgehead atoms. The average molecular weight is 1820 g/mol. The number of aryl methyl sites for hydroxylation is 8.